The van der Waals surface area contributed by atoms with E-state index in [0.29, 0.717) is 36.8 Å². The molecule has 0 radical (unpaired) electrons. The molecule has 4 N–H and O–H groups in total. The lowest BCUT2D eigenvalue weighted by molar-refractivity contribution is -0.132. The number of benzene rings is 2. The Morgan fingerprint density at radius 3 is 2.51 bits per heavy atom. The maximum Gasteiger partial charge on any atom is 0.274 e. The molecule has 0 aliphatic carbocycles. The van der Waals surface area contributed by atoms with Crippen LogP contribution in [-0.4, -0.2) is 96.6 Å². The second kappa shape index (κ2) is 16.5. The third-order valence-corrected chi connectivity index (χ3v) is 8.97. The van der Waals surface area contributed by atoms with Gasteiger partial charge in [0.1, 0.15) is 23.6 Å². The van der Waals surface area contributed by atoms with E-state index in [2.05, 4.69) is 49.6 Å². The number of nitrogens with zero attached hydrogens (tertiary/aromatic N) is 6. The number of nitrogens with one attached hydrogen (secondary N) is 4. The SMILES string of the molecule is CC(C)Cc1nc2ccc3cc2n1CCCNC(=O)[C@@H](C)NC(=O)[C@H](Cc1ccccc1)NC(=O)CN(C(=O)c1cn2cccnc2n1)CCNC3=O. The predicted molar refractivity (Wildman–Crippen MR) is 197 cm³/mol. The van der Waals surface area contributed by atoms with Gasteiger partial charge < -0.3 is 30.7 Å². The number of hydrogen-bond acceptors (Lipinski definition) is 8. The van der Waals surface area contributed by atoms with Crippen molar-refractivity contribution in [3.05, 3.63) is 95.8 Å². The zero-order valence-electron chi connectivity index (χ0n) is 30.0. The Labute approximate surface area is 306 Å². The molecule has 0 saturated carbocycles. The van der Waals surface area contributed by atoms with Gasteiger partial charge >= 0.3 is 0 Å². The van der Waals surface area contributed by atoms with Crippen molar-refractivity contribution >= 4 is 46.3 Å². The average Bonchev–Trinajstić information content (AvgIpc) is 3.72. The van der Waals surface area contributed by atoms with E-state index in [0.717, 1.165) is 28.8 Å². The van der Waals surface area contributed by atoms with Crippen LogP contribution in [0, 0.1) is 5.92 Å². The van der Waals surface area contributed by atoms with E-state index in [4.69, 9.17) is 4.98 Å². The molecule has 2 aromatic carbocycles. The van der Waals surface area contributed by atoms with Crippen molar-refractivity contribution in [2.24, 2.45) is 5.92 Å². The third kappa shape index (κ3) is 9.04. The average molecular weight is 721 g/mol. The van der Waals surface area contributed by atoms with E-state index in [1.54, 1.807) is 41.9 Å². The summed E-state index contributed by atoms with van der Waals surface area (Å²) in [5.74, 6) is -0.912. The fourth-order valence-electron chi connectivity index (χ4n) is 6.29. The van der Waals surface area contributed by atoms with E-state index in [1.165, 1.54) is 11.1 Å². The van der Waals surface area contributed by atoms with Crippen LogP contribution in [0.2, 0.25) is 0 Å². The minimum atomic E-state index is -1.06. The third-order valence-electron chi connectivity index (χ3n) is 8.97. The van der Waals surface area contributed by atoms with E-state index < -0.39 is 36.3 Å². The molecule has 0 spiro atoms. The van der Waals surface area contributed by atoms with Crippen molar-refractivity contribution in [2.45, 2.75) is 58.7 Å². The normalized spacial score (nSPS) is 18.4. The van der Waals surface area contributed by atoms with Gasteiger partial charge in [-0.3, -0.25) is 28.4 Å². The Hall–Kier alpha value is -6.12. The van der Waals surface area contributed by atoms with Gasteiger partial charge in [0.15, 0.2) is 0 Å². The quantitative estimate of drug-likeness (QED) is 0.212. The molecule has 6 rings (SSSR count). The van der Waals surface area contributed by atoms with E-state index in [9.17, 15) is 24.0 Å². The highest BCUT2D eigenvalue weighted by atomic mass is 16.2. The molecule has 3 aromatic heterocycles. The zero-order chi connectivity index (χ0) is 37.5. The van der Waals surface area contributed by atoms with E-state index in [-0.39, 0.29) is 37.0 Å². The minimum absolute atomic E-state index is 0.0264. The van der Waals surface area contributed by atoms with Gasteiger partial charge in [0.2, 0.25) is 23.5 Å². The van der Waals surface area contributed by atoms with Crippen molar-refractivity contribution in [1.82, 2.24) is 50.1 Å². The van der Waals surface area contributed by atoms with Crippen molar-refractivity contribution in [2.75, 3.05) is 26.2 Å². The Kier molecular flexibility index (Phi) is 11.4. The first-order chi connectivity index (χ1) is 25.5. The summed E-state index contributed by atoms with van der Waals surface area (Å²) in [7, 11) is 0. The van der Waals surface area contributed by atoms with Gasteiger partial charge in [-0.2, -0.15) is 0 Å². The molecular weight excluding hydrogens is 676 g/mol. The second-order valence-electron chi connectivity index (χ2n) is 13.6. The van der Waals surface area contributed by atoms with Gasteiger partial charge in [0.25, 0.3) is 11.8 Å². The fourth-order valence-corrected chi connectivity index (χ4v) is 6.29. The molecule has 4 heterocycles. The Bertz CT molecular complexity index is 2090. The van der Waals surface area contributed by atoms with Crippen LogP contribution in [0.1, 0.15) is 59.4 Å². The van der Waals surface area contributed by atoms with E-state index >= 15 is 0 Å². The molecule has 1 aliphatic rings. The molecule has 1 aliphatic heterocycles. The monoisotopic (exact) mass is 720 g/mol. The minimum Gasteiger partial charge on any atom is -0.354 e. The molecule has 276 valence electrons. The van der Waals surface area contributed by atoms with Crippen LogP contribution in [0.3, 0.4) is 0 Å². The van der Waals surface area contributed by atoms with Crippen molar-refractivity contribution in [3.63, 3.8) is 0 Å². The number of hydrogen-bond donors (Lipinski definition) is 4. The summed E-state index contributed by atoms with van der Waals surface area (Å²) in [5, 5.41) is 11.3. The van der Waals surface area contributed by atoms with Gasteiger partial charge in [-0.05, 0) is 49.1 Å². The standard InChI is InChI=1S/C38H44N10O5/c1-24(2)19-32-43-28-12-11-27-21-31(28)48(32)17-8-13-39-34(50)25(3)42-36(52)29(20-26-9-5-4-6-10-26)44-33(49)23-46(18-15-40-35(27)51)37(53)30-22-47-16-7-14-41-38(47)45-30/h4-7,9-12,14,16,21-22,24-25,29H,8,13,15,17-20,23H2,1-3H3,(H,39,50)(H,40,51)(H,42,52)(H,44,49)/t25-,29+/m1/s1. The summed E-state index contributed by atoms with van der Waals surface area (Å²) in [6.45, 7) is 6.26. The Balaban J connectivity index is 1.30. The smallest absolute Gasteiger partial charge is 0.274 e. The first kappa shape index (κ1) is 36.7. The number of carbonyl (C=O) groups excluding carboxylic acids is 5. The van der Waals surface area contributed by atoms with Crippen LogP contribution in [-0.2, 0) is 33.8 Å². The topological polar surface area (TPSA) is 185 Å². The molecule has 2 atom stereocenters. The highest BCUT2D eigenvalue weighted by molar-refractivity contribution is 5.98. The first-order valence-electron chi connectivity index (χ1n) is 17.8. The number of amides is 5. The second-order valence-corrected chi connectivity index (χ2v) is 13.6. The molecule has 0 saturated heterocycles. The van der Waals surface area contributed by atoms with Gasteiger partial charge in [-0.25, -0.2) is 15.0 Å². The summed E-state index contributed by atoms with van der Waals surface area (Å²) >= 11 is 0. The largest absolute Gasteiger partial charge is 0.354 e. The summed E-state index contributed by atoms with van der Waals surface area (Å²) < 4.78 is 3.68. The van der Waals surface area contributed by atoms with Crippen LogP contribution in [0.25, 0.3) is 16.8 Å². The number of carbonyl (C=O) groups is 5. The molecule has 2 bridgehead atoms. The lowest BCUT2D eigenvalue weighted by Crippen LogP contribution is -2.55. The lowest BCUT2D eigenvalue weighted by Gasteiger charge is -2.25. The van der Waals surface area contributed by atoms with Crippen LogP contribution >= 0.6 is 0 Å². The molecular formula is C38H44N10O5. The maximum atomic E-state index is 13.9. The van der Waals surface area contributed by atoms with Crippen LogP contribution < -0.4 is 21.3 Å². The van der Waals surface area contributed by atoms with Crippen LogP contribution in [0.5, 0.6) is 0 Å². The predicted octanol–water partition coefficient (Wildman–Crippen LogP) is 1.90. The van der Waals surface area contributed by atoms with Gasteiger partial charge in [-0.15, -0.1) is 0 Å². The molecule has 5 amide bonds. The molecule has 5 aromatic rings. The number of rotatable bonds is 5. The lowest BCUT2D eigenvalue weighted by atomic mass is 10.0. The molecule has 0 unspecified atom stereocenters. The maximum absolute atomic E-state index is 13.9. The van der Waals surface area contributed by atoms with Crippen molar-refractivity contribution < 1.29 is 24.0 Å². The van der Waals surface area contributed by atoms with Crippen molar-refractivity contribution in [1.29, 1.82) is 0 Å². The molecule has 0 fully saturated rings. The summed E-state index contributed by atoms with van der Waals surface area (Å²) in [6.07, 6.45) is 6.23. The van der Waals surface area contributed by atoms with Gasteiger partial charge in [-0.1, -0.05) is 44.2 Å². The highest BCUT2D eigenvalue weighted by Crippen LogP contribution is 2.21. The van der Waals surface area contributed by atoms with Crippen LogP contribution in [0.4, 0.5) is 0 Å². The number of imidazole rings is 2. The molecule has 15 nitrogen and oxygen atoms in total. The van der Waals surface area contributed by atoms with Crippen molar-refractivity contribution in [3.8, 4) is 0 Å². The highest BCUT2D eigenvalue weighted by Gasteiger charge is 2.28. The molecule has 53 heavy (non-hydrogen) atoms. The number of aryl methyl sites for hydroxylation is 1. The summed E-state index contributed by atoms with van der Waals surface area (Å²) in [4.78, 5) is 82.4. The van der Waals surface area contributed by atoms with Gasteiger partial charge in [0, 0.05) is 63.2 Å². The van der Waals surface area contributed by atoms with Crippen LogP contribution in [0.15, 0.2) is 73.2 Å². The first-order valence-corrected chi connectivity index (χ1v) is 17.8. The fraction of sp³-hybridized carbons (Fsp3) is 0.368. The van der Waals surface area contributed by atoms with Gasteiger partial charge in [0.05, 0.1) is 17.6 Å². The summed E-state index contributed by atoms with van der Waals surface area (Å²) in [5.41, 5.74) is 2.81. The summed E-state index contributed by atoms with van der Waals surface area (Å²) in [6, 6.07) is 14.2. The number of fused-ring (bicyclic) bond motifs is 2. The number of aromatic nitrogens is 5. The Morgan fingerprint density at radius 1 is 0.925 bits per heavy atom. The Morgan fingerprint density at radius 2 is 1.74 bits per heavy atom. The zero-order valence-corrected chi connectivity index (χ0v) is 30.0. The molecule has 15 heteroatoms. The van der Waals surface area contributed by atoms with E-state index in [1.807, 2.05) is 36.4 Å².